The Morgan fingerprint density at radius 1 is 0.590 bits per heavy atom. The molecule has 0 aliphatic carbocycles. The third-order valence-electron chi connectivity index (χ3n) is 4.92. The number of carbonyl (C=O) groups excluding carboxylic acids is 2. The maximum atomic E-state index is 11.5. The number of rotatable bonds is 6. The van der Waals surface area contributed by atoms with Gasteiger partial charge in [0.1, 0.15) is 0 Å². The first kappa shape index (κ1) is 30.6. The summed E-state index contributed by atoms with van der Waals surface area (Å²) in [6.07, 6.45) is 3.07. The summed E-state index contributed by atoms with van der Waals surface area (Å²) >= 11 is 0. The van der Waals surface area contributed by atoms with Gasteiger partial charge < -0.3 is 20.8 Å². The molecular weight excluding hydrogens is 546 g/mol. The molecule has 9 heteroatoms. The Kier molecular flexibility index (Phi) is 12.2. The predicted octanol–water partition coefficient (Wildman–Crippen LogP) is 4.94. The summed E-state index contributed by atoms with van der Waals surface area (Å²) in [5.74, 6) is -0.338. The van der Waals surface area contributed by atoms with Gasteiger partial charge >= 0.3 is 19.5 Å². The molecule has 0 radical (unpaired) electrons. The van der Waals surface area contributed by atoms with Gasteiger partial charge in [-0.3, -0.25) is 19.6 Å². The smallest absolute Gasteiger partial charge is 0.872 e. The molecule has 39 heavy (non-hydrogen) atoms. The fourth-order valence-corrected chi connectivity index (χ4v) is 3.13. The number of amides is 2. The molecule has 0 heterocycles. The molecule has 192 valence electrons. The van der Waals surface area contributed by atoms with Crippen LogP contribution in [0.5, 0.6) is 11.5 Å². The molecule has 2 N–H and O–H groups in total. The normalized spacial score (nSPS) is 10.3. The van der Waals surface area contributed by atoms with E-state index < -0.39 is 0 Å². The number of benzene rings is 4. The van der Waals surface area contributed by atoms with Crippen LogP contribution in [-0.4, -0.2) is 24.2 Å². The van der Waals surface area contributed by atoms with Gasteiger partial charge in [0.25, 0.3) is 0 Å². The minimum atomic E-state index is -0.114. The van der Waals surface area contributed by atoms with Gasteiger partial charge in [0.05, 0.1) is 11.4 Å². The van der Waals surface area contributed by atoms with Crippen LogP contribution in [0.3, 0.4) is 0 Å². The van der Waals surface area contributed by atoms with Crippen LogP contribution in [0.4, 0.5) is 22.7 Å². The molecule has 0 saturated heterocycles. The van der Waals surface area contributed by atoms with Gasteiger partial charge in [0, 0.05) is 37.7 Å². The van der Waals surface area contributed by atoms with E-state index in [0.29, 0.717) is 11.1 Å². The maximum Gasteiger partial charge on any atom is 2.00 e. The zero-order valence-electron chi connectivity index (χ0n) is 21.6. The number of hydrogen-bond acceptors (Lipinski definition) is 6. The Morgan fingerprint density at radius 3 is 1.23 bits per heavy atom. The van der Waals surface area contributed by atoms with Gasteiger partial charge in [0.15, 0.2) is 0 Å². The number of para-hydroxylation sites is 2. The van der Waals surface area contributed by atoms with Crippen LogP contribution in [0.2, 0.25) is 0 Å². The van der Waals surface area contributed by atoms with Crippen molar-refractivity contribution in [3.05, 3.63) is 108 Å². The van der Waals surface area contributed by atoms with Crippen molar-refractivity contribution < 1.29 is 39.3 Å². The van der Waals surface area contributed by atoms with Crippen LogP contribution in [0.25, 0.3) is 0 Å². The van der Waals surface area contributed by atoms with Crippen LogP contribution in [0, 0.1) is 0 Å². The molecule has 0 spiro atoms. The number of hydrogen-bond donors (Lipinski definition) is 2. The van der Waals surface area contributed by atoms with Gasteiger partial charge in [-0.2, -0.15) is 0 Å². The number of carbonyl (C=O) groups is 2. The molecule has 0 aliphatic heterocycles. The molecule has 4 rings (SSSR count). The summed E-state index contributed by atoms with van der Waals surface area (Å²) in [5, 5.41) is 28.3. The van der Waals surface area contributed by atoms with Crippen molar-refractivity contribution in [2.75, 3.05) is 10.6 Å². The molecule has 0 atom stereocenters. The quantitative estimate of drug-likeness (QED) is 0.251. The Bertz CT molecular complexity index is 1330. The molecule has 4 aromatic carbocycles. The monoisotopic (exact) mass is 570 g/mol. The van der Waals surface area contributed by atoms with Crippen LogP contribution >= 0.6 is 0 Å². The van der Waals surface area contributed by atoms with Crippen molar-refractivity contribution in [2.45, 2.75) is 13.8 Å². The van der Waals surface area contributed by atoms with Gasteiger partial charge in [-0.15, -0.1) is 11.5 Å². The SMILES string of the molecule is CC(=O)Nc1ccc(N=Cc2ccccc2[O-])cc1.CC(=O)Nc1ccc(N=Cc2ccccc2[O-])cc1.[Zn+2]. The zero-order valence-corrected chi connectivity index (χ0v) is 24.6. The van der Waals surface area contributed by atoms with Crippen molar-refractivity contribution >= 4 is 47.0 Å². The van der Waals surface area contributed by atoms with E-state index in [2.05, 4.69) is 20.6 Å². The molecule has 4 aromatic rings. The molecular formula is C30H26N4O4Zn. The molecule has 0 saturated carbocycles. The van der Waals surface area contributed by atoms with Gasteiger partial charge in [0.2, 0.25) is 11.8 Å². The van der Waals surface area contributed by atoms with E-state index in [-0.39, 0.29) is 42.8 Å². The second-order valence-corrected chi connectivity index (χ2v) is 8.05. The minimum absolute atomic E-state index is 0. The number of nitrogens with one attached hydrogen (secondary N) is 2. The molecule has 0 fully saturated rings. The first-order valence-corrected chi connectivity index (χ1v) is 11.7. The van der Waals surface area contributed by atoms with Gasteiger partial charge in [-0.1, -0.05) is 48.5 Å². The maximum absolute atomic E-state index is 11.5. The summed E-state index contributed by atoms with van der Waals surface area (Å²) in [6.45, 7) is 2.91. The summed E-state index contributed by atoms with van der Waals surface area (Å²) in [7, 11) is 0. The van der Waals surface area contributed by atoms with Crippen molar-refractivity contribution in [1.29, 1.82) is 0 Å². The van der Waals surface area contributed by atoms with Crippen molar-refractivity contribution in [2.24, 2.45) is 9.98 Å². The van der Waals surface area contributed by atoms with E-state index in [0.717, 1.165) is 22.7 Å². The summed E-state index contributed by atoms with van der Waals surface area (Å²) in [5.41, 5.74) is 3.97. The molecule has 0 bridgehead atoms. The van der Waals surface area contributed by atoms with E-state index in [1.165, 1.54) is 38.4 Å². The average molecular weight is 572 g/mol. The summed E-state index contributed by atoms with van der Waals surface area (Å²) < 4.78 is 0. The van der Waals surface area contributed by atoms with Gasteiger partial charge in [-0.05, 0) is 59.7 Å². The Balaban J connectivity index is 0.000000267. The van der Waals surface area contributed by atoms with Crippen molar-refractivity contribution in [3.8, 4) is 11.5 Å². The Labute approximate surface area is 239 Å². The summed E-state index contributed by atoms with van der Waals surface area (Å²) in [6, 6.07) is 27.6. The predicted molar refractivity (Wildman–Crippen MR) is 148 cm³/mol. The number of nitrogens with zero attached hydrogens (tertiary/aromatic N) is 2. The molecule has 0 unspecified atom stereocenters. The number of aliphatic imine (C=N–C) groups is 2. The van der Waals surface area contributed by atoms with E-state index in [1.807, 2.05) is 0 Å². The fraction of sp³-hybridized carbons (Fsp3) is 0.0667. The van der Waals surface area contributed by atoms with Gasteiger partial charge in [-0.25, -0.2) is 0 Å². The second kappa shape index (κ2) is 15.6. The van der Waals surface area contributed by atoms with E-state index in [1.54, 1.807) is 84.9 Å². The molecule has 0 aromatic heterocycles. The van der Waals surface area contributed by atoms with Crippen LogP contribution in [0.15, 0.2) is 107 Å². The number of anilines is 2. The fourth-order valence-electron chi connectivity index (χ4n) is 3.13. The summed E-state index contributed by atoms with van der Waals surface area (Å²) in [4.78, 5) is 30.2. The van der Waals surface area contributed by atoms with E-state index in [4.69, 9.17) is 0 Å². The first-order valence-electron chi connectivity index (χ1n) is 11.7. The molecule has 0 aliphatic rings. The van der Waals surface area contributed by atoms with E-state index in [9.17, 15) is 19.8 Å². The van der Waals surface area contributed by atoms with Crippen LogP contribution in [0.1, 0.15) is 25.0 Å². The minimum Gasteiger partial charge on any atom is -0.872 e. The average Bonchev–Trinajstić information content (AvgIpc) is 2.89. The zero-order chi connectivity index (χ0) is 27.3. The molecule has 8 nitrogen and oxygen atoms in total. The Hall–Kier alpha value is -4.62. The van der Waals surface area contributed by atoms with E-state index >= 15 is 0 Å². The Morgan fingerprint density at radius 2 is 0.923 bits per heavy atom. The standard InChI is InChI=1S/2C15H14N2O2.Zn/c2*1-11(18)17-14-8-6-13(7-9-14)16-10-12-4-2-3-5-15(12)19;/h2*2-10,19H,1H3,(H,17,18);/q;;+2/p-2. The third kappa shape index (κ3) is 10.7. The largest absolute Gasteiger partial charge is 2.00 e. The molecule has 2 amide bonds. The second-order valence-electron chi connectivity index (χ2n) is 8.05. The first-order chi connectivity index (χ1) is 18.3. The van der Waals surface area contributed by atoms with Crippen molar-refractivity contribution in [1.82, 2.24) is 0 Å². The van der Waals surface area contributed by atoms with Crippen molar-refractivity contribution in [3.63, 3.8) is 0 Å². The van der Waals surface area contributed by atoms with Crippen LogP contribution < -0.4 is 20.8 Å². The van der Waals surface area contributed by atoms with Crippen LogP contribution in [-0.2, 0) is 29.1 Å². The topological polar surface area (TPSA) is 129 Å². The third-order valence-corrected chi connectivity index (χ3v) is 4.92.